The van der Waals surface area contributed by atoms with E-state index < -0.39 is 17.3 Å². The average Bonchev–Trinajstić information content (AvgIpc) is 3.20. The molecule has 0 aliphatic heterocycles. The molecule has 7 nitrogen and oxygen atoms in total. The molecule has 1 aromatic rings. The lowest BCUT2D eigenvalue weighted by Crippen LogP contribution is -2.32. The number of anilines is 1. The number of hydrogen-bond donors (Lipinski definition) is 2. The first-order chi connectivity index (χ1) is 9.03. The van der Waals surface area contributed by atoms with Crippen LogP contribution in [-0.2, 0) is 22.4 Å². The van der Waals surface area contributed by atoms with Crippen molar-refractivity contribution < 1.29 is 14.7 Å². The minimum Gasteiger partial charge on any atom is -0.480 e. The number of nitrogens with zero attached hydrogens (tertiary/aromatic N) is 3. The van der Waals surface area contributed by atoms with Gasteiger partial charge in [-0.2, -0.15) is 0 Å². The van der Waals surface area contributed by atoms with Gasteiger partial charge in [-0.1, -0.05) is 13.8 Å². The largest absolute Gasteiger partial charge is 0.480 e. The van der Waals surface area contributed by atoms with E-state index in [1.807, 2.05) is 13.8 Å². The molecule has 0 atom stereocenters. The number of carboxylic acids is 1. The van der Waals surface area contributed by atoms with Crippen LogP contribution in [-0.4, -0.2) is 32.2 Å². The van der Waals surface area contributed by atoms with E-state index in [4.69, 9.17) is 5.11 Å². The van der Waals surface area contributed by atoms with Crippen LogP contribution < -0.4 is 5.32 Å². The van der Waals surface area contributed by atoms with E-state index in [2.05, 4.69) is 20.5 Å². The highest BCUT2D eigenvalue weighted by Gasteiger charge is 2.57. The fraction of sp³-hybridized carbons (Fsp3) is 0.583. The summed E-state index contributed by atoms with van der Waals surface area (Å²) in [6, 6.07) is 0. The Kier molecular flexibility index (Phi) is 3.46. The zero-order valence-electron chi connectivity index (χ0n) is 10.9. The minimum absolute atomic E-state index is 0.0755. The molecule has 1 amide bonds. The summed E-state index contributed by atoms with van der Waals surface area (Å²) < 4.78 is 0. The van der Waals surface area contributed by atoms with Crippen LogP contribution in [0.1, 0.15) is 38.1 Å². The van der Waals surface area contributed by atoms with Gasteiger partial charge in [-0.25, -0.2) is 4.98 Å². The second-order valence-corrected chi connectivity index (χ2v) is 4.58. The van der Waals surface area contributed by atoms with Gasteiger partial charge in [-0.05, 0) is 25.7 Å². The molecule has 0 spiro atoms. The quantitative estimate of drug-likeness (QED) is 0.762. The highest BCUT2D eigenvalue weighted by Crippen LogP contribution is 2.46. The number of aryl methyl sites for hydroxylation is 2. The van der Waals surface area contributed by atoms with Crippen molar-refractivity contribution in [1.29, 1.82) is 0 Å². The highest BCUT2D eigenvalue weighted by molar-refractivity contribution is 6.10. The number of hydrogen-bond acceptors (Lipinski definition) is 5. The standard InChI is InChI=1S/C12H16N4O3/c1-3-7-8(4-2)15-16-11(13-7)14-9(17)12(5-6-12)10(18)19/h3-6H2,1-2H3,(H,18,19)(H,13,14,16,17). The van der Waals surface area contributed by atoms with E-state index in [-0.39, 0.29) is 5.95 Å². The van der Waals surface area contributed by atoms with E-state index in [0.717, 1.165) is 17.8 Å². The van der Waals surface area contributed by atoms with Crippen LogP contribution in [0.15, 0.2) is 0 Å². The summed E-state index contributed by atoms with van der Waals surface area (Å²) in [5, 5.41) is 19.3. The molecule has 0 unspecified atom stereocenters. The summed E-state index contributed by atoms with van der Waals surface area (Å²) in [4.78, 5) is 27.1. The summed E-state index contributed by atoms with van der Waals surface area (Å²) >= 11 is 0. The molecule has 1 aromatic heterocycles. The van der Waals surface area contributed by atoms with Gasteiger partial charge in [0.1, 0.15) is 5.41 Å². The zero-order valence-corrected chi connectivity index (χ0v) is 10.9. The van der Waals surface area contributed by atoms with Gasteiger partial charge < -0.3 is 5.11 Å². The third-order valence-electron chi connectivity index (χ3n) is 3.33. The van der Waals surface area contributed by atoms with Crippen molar-refractivity contribution in [2.75, 3.05) is 5.32 Å². The molecule has 1 aliphatic rings. The molecule has 0 saturated heterocycles. The molecule has 0 radical (unpaired) electrons. The Hall–Kier alpha value is -2.05. The van der Waals surface area contributed by atoms with Gasteiger partial charge in [0.2, 0.25) is 11.9 Å². The fourth-order valence-electron chi connectivity index (χ4n) is 1.88. The maximum Gasteiger partial charge on any atom is 0.319 e. The van der Waals surface area contributed by atoms with Crippen LogP contribution in [0.3, 0.4) is 0 Å². The number of aromatic nitrogens is 3. The Morgan fingerprint density at radius 1 is 1.21 bits per heavy atom. The molecule has 2 rings (SSSR count). The monoisotopic (exact) mass is 264 g/mol. The van der Waals surface area contributed by atoms with Crippen molar-refractivity contribution in [3.63, 3.8) is 0 Å². The summed E-state index contributed by atoms with van der Waals surface area (Å²) in [5.41, 5.74) is 0.270. The summed E-state index contributed by atoms with van der Waals surface area (Å²) in [7, 11) is 0. The van der Waals surface area contributed by atoms with Crippen LogP contribution in [0, 0.1) is 5.41 Å². The lowest BCUT2D eigenvalue weighted by atomic mass is 10.1. The number of amides is 1. The van der Waals surface area contributed by atoms with E-state index in [9.17, 15) is 9.59 Å². The predicted octanol–water partition coefficient (Wildman–Crippen LogP) is 0.800. The van der Waals surface area contributed by atoms with E-state index in [0.29, 0.717) is 19.3 Å². The summed E-state index contributed by atoms with van der Waals surface area (Å²) in [6.45, 7) is 3.89. The Morgan fingerprint density at radius 2 is 1.84 bits per heavy atom. The summed E-state index contributed by atoms with van der Waals surface area (Å²) in [5.74, 6) is -1.58. The van der Waals surface area contributed by atoms with Gasteiger partial charge in [-0.15, -0.1) is 10.2 Å². The van der Waals surface area contributed by atoms with Crippen molar-refractivity contribution in [1.82, 2.24) is 15.2 Å². The molecule has 0 bridgehead atoms. The average molecular weight is 264 g/mol. The molecule has 1 aliphatic carbocycles. The lowest BCUT2D eigenvalue weighted by molar-refractivity contribution is -0.147. The van der Waals surface area contributed by atoms with Gasteiger partial charge >= 0.3 is 5.97 Å². The van der Waals surface area contributed by atoms with Gasteiger partial charge in [0.05, 0.1) is 11.4 Å². The maximum absolute atomic E-state index is 11.9. The van der Waals surface area contributed by atoms with Gasteiger partial charge in [0, 0.05) is 0 Å². The first-order valence-electron chi connectivity index (χ1n) is 6.30. The second-order valence-electron chi connectivity index (χ2n) is 4.58. The number of aliphatic carboxylic acids is 1. The topological polar surface area (TPSA) is 105 Å². The molecule has 1 saturated carbocycles. The Morgan fingerprint density at radius 3 is 2.32 bits per heavy atom. The zero-order chi connectivity index (χ0) is 14.0. The number of carboxylic acid groups (broad SMARTS) is 1. The van der Waals surface area contributed by atoms with E-state index >= 15 is 0 Å². The number of rotatable bonds is 5. The van der Waals surface area contributed by atoms with Crippen molar-refractivity contribution >= 4 is 17.8 Å². The molecular weight excluding hydrogens is 248 g/mol. The van der Waals surface area contributed by atoms with Crippen molar-refractivity contribution in [2.45, 2.75) is 39.5 Å². The highest BCUT2D eigenvalue weighted by atomic mass is 16.4. The number of nitrogens with one attached hydrogen (secondary N) is 1. The molecular formula is C12H16N4O3. The molecule has 1 heterocycles. The maximum atomic E-state index is 11.9. The molecule has 0 aromatic carbocycles. The molecule has 7 heteroatoms. The fourth-order valence-corrected chi connectivity index (χ4v) is 1.88. The third-order valence-corrected chi connectivity index (χ3v) is 3.33. The van der Waals surface area contributed by atoms with Gasteiger partial charge in [0.15, 0.2) is 0 Å². The summed E-state index contributed by atoms with van der Waals surface area (Å²) in [6.07, 6.45) is 2.12. The Balaban J connectivity index is 2.16. The van der Waals surface area contributed by atoms with E-state index in [1.54, 1.807) is 0 Å². The smallest absolute Gasteiger partial charge is 0.319 e. The predicted molar refractivity (Wildman–Crippen MR) is 66.5 cm³/mol. The van der Waals surface area contributed by atoms with Crippen LogP contribution in [0.2, 0.25) is 0 Å². The molecule has 1 fully saturated rings. The van der Waals surface area contributed by atoms with Crippen LogP contribution in [0.4, 0.5) is 5.95 Å². The van der Waals surface area contributed by atoms with Crippen molar-refractivity contribution in [3.8, 4) is 0 Å². The van der Waals surface area contributed by atoms with Gasteiger partial charge in [-0.3, -0.25) is 14.9 Å². The van der Waals surface area contributed by atoms with Gasteiger partial charge in [0.25, 0.3) is 0 Å². The number of carbonyl (C=O) groups excluding carboxylic acids is 1. The van der Waals surface area contributed by atoms with Crippen LogP contribution >= 0.6 is 0 Å². The van der Waals surface area contributed by atoms with Crippen molar-refractivity contribution in [2.24, 2.45) is 5.41 Å². The third kappa shape index (κ3) is 2.40. The Labute approximate surface area is 110 Å². The van der Waals surface area contributed by atoms with E-state index in [1.165, 1.54) is 0 Å². The molecule has 19 heavy (non-hydrogen) atoms. The normalized spacial score (nSPS) is 15.9. The molecule has 102 valence electrons. The Bertz CT molecular complexity index is 526. The minimum atomic E-state index is -1.29. The van der Waals surface area contributed by atoms with Crippen LogP contribution in [0.25, 0.3) is 0 Å². The molecule has 2 N–H and O–H groups in total. The second kappa shape index (κ2) is 4.91. The van der Waals surface area contributed by atoms with Crippen molar-refractivity contribution in [3.05, 3.63) is 11.4 Å². The SMILES string of the molecule is CCc1nnc(NC(=O)C2(C(=O)O)CC2)nc1CC. The first kappa shape index (κ1) is 13.4. The van der Waals surface area contributed by atoms with Crippen LogP contribution in [0.5, 0.6) is 0 Å². The lowest BCUT2D eigenvalue weighted by Gasteiger charge is -2.10. The number of carbonyl (C=O) groups is 2. The first-order valence-corrected chi connectivity index (χ1v) is 6.30.